The summed E-state index contributed by atoms with van der Waals surface area (Å²) < 4.78 is 10.9. The minimum absolute atomic E-state index is 0.0685. The predicted octanol–water partition coefficient (Wildman–Crippen LogP) is 3.25. The van der Waals surface area contributed by atoms with Crippen molar-refractivity contribution in [3.05, 3.63) is 54.0 Å². The second-order valence-corrected chi connectivity index (χ2v) is 6.04. The highest BCUT2D eigenvalue weighted by Gasteiger charge is 2.25. The van der Waals surface area contributed by atoms with Crippen molar-refractivity contribution >= 4 is 5.91 Å². The Morgan fingerprint density at radius 2 is 2.00 bits per heavy atom. The van der Waals surface area contributed by atoms with Gasteiger partial charge >= 0.3 is 0 Å². The number of benzene rings is 1. The summed E-state index contributed by atoms with van der Waals surface area (Å²) in [5, 5.41) is 3.04. The zero-order valence-electron chi connectivity index (χ0n) is 14.0. The number of para-hydroxylation sites is 1. The Bertz CT molecular complexity index is 648. The van der Waals surface area contributed by atoms with Crippen molar-refractivity contribution in [1.82, 2.24) is 10.2 Å². The molecule has 0 aliphatic carbocycles. The monoisotopic (exact) mass is 328 g/mol. The lowest BCUT2D eigenvalue weighted by Crippen LogP contribution is -2.40. The third-order valence-electron chi connectivity index (χ3n) is 4.51. The first-order valence-electron chi connectivity index (χ1n) is 8.48. The van der Waals surface area contributed by atoms with E-state index in [0.29, 0.717) is 17.9 Å². The van der Waals surface area contributed by atoms with E-state index < -0.39 is 0 Å². The van der Waals surface area contributed by atoms with Crippen LogP contribution < -0.4 is 10.1 Å². The molecular weight excluding hydrogens is 304 g/mol. The number of carbonyl (C=O) groups is 1. The lowest BCUT2D eigenvalue weighted by molar-refractivity contribution is 0.0911. The molecule has 3 rings (SSSR count). The Morgan fingerprint density at radius 3 is 2.71 bits per heavy atom. The van der Waals surface area contributed by atoms with Crippen LogP contribution in [-0.4, -0.2) is 37.6 Å². The lowest BCUT2D eigenvalue weighted by Gasteiger charge is -2.33. The van der Waals surface area contributed by atoms with Gasteiger partial charge in [-0.25, -0.2) is 0 Å². The molecule has 5 heteroatoms. The molecule has 1 atom stereocenters. The average Bonchev–Trinajstić information content (AvgIpc) is 3.17. The topological polar surface area (TPSA) is 54.7 Å². The normalized spacial score (nSPS) is 16.5. The van der Waals surface area contributed by atoms with E-state index in [-0.39, 0.29) is 11.9 Å². The van der Waals surface area contributed by atoms with E-state index in [9.17, 15) is 4.79 Å². The first-order chi connectivity index (χ1) is 11.8. The number of furan rings is 1. The van der Waals surface area contributed by atoms with Gasteiger partial charge in [0.25, 0.3) is 5.91 Å². The molecule has 1 aromatic heterocycles. The highest BCUT2D eigenvalue weighted by Crippen LogP contribution is 2.25. The second kappa shape index (κ2) is 8.02. The summed E-state index contributed by atoms with van der Waals surface area (Å²) in [7, 11) is 1.57. The minimum Gasteiger partial charge on any atom is -0.496 e. The molecular formula is C19H24N2O3. The van der Waals surface area contributed by atoms with E-state index in [2.05, 4.69) is 10.2 Å². The molecule has 1 aliphatic rings. The Morgan fingerprint density at radius 1 is 1.21 bits per heavy atom. The standard InChI is InChI=1S/C19H24N2O3/c1-23-17-9-4-3-8-15(17)19(22)20-14-16(18-10-7-13-24-18)21-11-5-2-6-12-21/h3-4,7-10,13,16H,2,5-6,11-12,14H2,1H3,(H,20,22)/t16-/m1/s1. The van der Waals surface area contributed by atoms with Gasteiger partial charge in [-0.15, -0.1) is 0 Å². The lowest BCUT2D eigenvalue weighted by atomic mass is 10.1. The van der Waals surface area contributed by atoms with Crippen LogP contribution in [0.2, 0.25) is 0 Å². The van der Waals surface area contributed by atoms with Crippen molar-refractivity contribution < 1.29 is 13.9 Å². The van der Waals surface area contributed by atoms with Crippen LogP contribution in [0.15, 0.2) is 47.1 Å². The van der Waals surface area contributed by atoms with Gasteiger partial charge in [0.2, 0.25) is 0 Å². The number of hydrogen-bond acceptors (Lipinski definition) is 4. The number of piperidine rings is 1. The molecule has 1 amide bonds. The van der Waals surface area contributed by atoms with Crippen molar-refractivity contribution in [3.8, 4) is 5.75 Å². The summed E-state index contributed by atoms with van der Waals surface area (Å²) in [6.07, 6.45) is 5.35. The zero-order chi connectivity index (χ0) is 16.8. The number of methoxy groups -OCH3 is 1. The predicted molar refractivity (Wildman–Crippen MR) is 92.2 cm³/mol. The van der Waals surface area contributed by atoms with Crippen molar-refractivity contribution in [1.29, 1.82) is 0 Å². The van der Waals surface area contributed by atoms with E-state index in [4.69, 9.17) is 9.15 Å². The molecule has 0 radical (unpaired) electrons. The highest BCUT2D eigenvalue weighted by molar-refractivity contribution is 5.96. The summed E-state index contributed by atoms with van der Waals surface area (Å²) in [5.74, 6) is 1.36. The quantitative estimate of drug-likeness (QED) is 0.884. The summed E-state index contributed by atoms with van der Waals surface area (Å²) >= 11 is 0. The molecule has 0 spiro atoms. The number of likely N-dealkylation sites (tertiary alicyclic amines) is 1. The minimum atomic E-state index is -0.124. The maximum absolute atomic E-state index is 12.5. The fraction of sp³-hybridized carbons (Fsp3) is 0.421. The number of nitrogens with one attached hydrogen (secondary N) is 1. The number of rotatable bonds is 6. The number of ether oxygens (including phenoxy) is 1. The molecule has 0 unspecified atom stereocenters. The van der Waals surface area contributed by atoms with Gasteiger partial charge in [0.1, 0.15) is 11.5 Å². The van der Waals surface area contributed by atoms with Crippen molar-refractivity contribution in [2.75, 3.05) is 26.7 Å². The van der Waals surface area contributed by atoms with Crippen molar-refractivity contribution in [2.24, 2.45) is 0 Å². The van der Waals surface area contributed by atoms with E-state index in [1.54, 1.807) is 25.5 Å². The third kappa shape index (κ3) is 3.79. The van der Waals surface area contributed by atoms with Gasteiger partial charge in [-0.3, -0.25) is 9.69 Å². The van der Waals surface area contributed by atoms with Crippen LogP contribution in [0.4, 0.5) is 0 Å². The number of nitrogens with zero attached hydrogens (tertiary/aromatic N) is 1. The average molecular weight is 328 g/mol. The summed E-state index contributed by atoms with van der Waals surface area (Å²) in [4.78, 5) is 14.9. The number of carbonyl (C=O) groups excluding carboxylic acids is 1. The van der Waals surface area contributed by atoms with Crippen LogP contribution in [-0.2, 0) is 0 Å². The Hall–Kier alpha value is -2.27. The number of amides is 1. The summed E-state index contributed by atoms with van der Waals surface area (Å²) in [5.41, 5.74) is 0.553. The fourth-order valence-corrected chi connectivity index (χ4v) is 3.24. The first-order valence-corrected chi connectivity index (χ1v) is 8.48. The van der Waals surface area contributed by atoms with Gasteiger partial charge in [0.05, 0.1) is 25.0 Å². The van der Waals surface area contributed by atoms with Gasteiger partial charge in [0, 0.05) is 6.54 Å². The Balaban J connectivity index is 1.70. The van der Waals surface area contributed by atoms with Crippen LogP contribution in [0.1, 0.15) is 41.4 Å². The van der Waals surface area contributed by atoms with Gasteiger partial charge < -0.3 is 14.5 Å². The molecule has 128 valence electrons. The van der Waals surface area contributed by atoms with E-state index in [0.717, 1.165) is 18.8 Å². The first kappa shape index (κ1) is 16.6. The van der Waals surface area contributed by atoms with E-state index >= 15 is 0 Å². The molecule has 2 aromatic rings. The summed E-state index contributed by atoms with van der Waals surface area (Å²) in [6, 6.07) is 11.2. The molecule has 0 bridgehead atoms. The maximum Gasteiger partial charge on any atom is 0.255 e. The Labute approximate surface area is 142 Å². The molecule has 24 heavy (non-hydrogen) atoms. The van der Waals surface area contributed by atoms with E-state index in [1.165, 1.54) is 19.3 Å². The zero-order valence-corrected chi connectivity index (χ0v) is 14.0. The van der Waals surface area contributed by atoms with Gasteiger partial charge in [-0.05, 0) is 50.2 Å². The van der Waals surface area contributed by atoms with Crippen LogP contribution in [0.25, 0.3) is 0 Å². The van der Waals surface area contributed by atoms with Crippen LogP contribution in [0, 0.1) is 0 Å². The summed E-state index contributed by atoms with van der Waals surface area (Å²) in [6.45, 7) is 2.59. The third-order valence-corrected chi connectivity index (χ3v) is 4.51. The maximum atomic E-state index is 12.5. The Kier molecular flexibility index (Phi) is 5.54. The van der Waals surface area contributed by atoms with Crippen molar-refractivity contribution in [3.63, 3.8) is 0 Å². The largest absolute Gasteiger partial charge is 0.496 e. The molecule has 1 aromatic carbocycles. The van der Waals surface area contributed by atoms with Crippen LogP contribution >= 0.6 is 0 Å². The molecule has 1 saturated heterocycles. The fourth-order valence-electron chi connectivity index (χ4n) is 3.24. The molecule has 1 N–H and O–H groups in total. The van der Waals surface area contributed by atoms with Crippen molar-refractivity contribution in [2.45, 2.75) is 25.3 Å². The molecule has 0 saturated carbocycles. The smallest absolute Gasteiger partial charge is 0.255 e. The van der Waals surface area contributed by atoms with Crippen LogP contribution in [0.5, 0.6) is 5.75 Å². The molecule has 2 heterocycles. The van der Waals surface area contributed by atoms with Gasteiger partial charge in [-0.1, -0.05) is 18.6 Å². The molecule has 5 nitrogen and oxygen atoms in total. The molecule has 1 fully saturated rings. The second-order valence-electron chi connectivity index (χ2n) is 6.04. The number of hydrogen-bond donors (Lipinski definition) is 1. The van der Waals surface area contributed by atoms with Gasteiger partial charge in [0.15, 0.2) is 0 Å². The van der Waals surface area contributed by atoms with E-state index in [1.807, 2.05) is 24.3 Å². The molecule has 1 aliphatic heterocycles. The highest BCUT2D eigenvalue weighted by atomic mass is 16.5. The van der Waals surface area contributed by atoms with Crippen LogP contribution in [0.3, 0.4) is 0 Å². The van der Waals surface area contributed by atoms with Gasteiger partial charge in [-0.2, -0.15) is 0 Å². The SMILES string of the molecule is COc1ccccc1C(=O)NC[C@H](c1ccco1)N1CCCCC1.